The topological polar surface area (TPSA) is 65.6 Å². The molecule has 2 N–H and O–H groups in total. The highest BCUT2D eigenvalue weighted by Crippen LogP contribution is 2.42. The minimum atomic E-state index is 0.229. The Kier molecular flexibility index (Phi) is 6.52. The number of nitrogens with one attached hydrogen (secondary N) is 2. The van der Waals surface area contributed by atoms with Gasteiger partial charge in [0.15, 0.2) is 0 Å². The Balaban J connectivity index is 1.24. The third kappa shape index (κ3) is 4.84. The van der Waals surface area contributed by atoms with Gasteiger partial charge in [0.1, 0.15) is 10.9 Å². The van der Waals surface area contributed by atoms with E-state index in [2.05, 4.69) is 58.8 Å². The van der Waals surface area contributed by atoms with E-state index in [0.717, 1.165) is 73.6 Å². The molecule has 35 heavy (non-hydrogen) atoms. The largest absolute Gasteiger partial charge is 0.474 e. The Morgan fingerprint density at radius 3 is 2.54 bits per heavy atom. The second-order valence-electron chi connectivity index (χ2n) is 10.3. The van der Waals surface area contributed by atoms with E-state index in [4.69, 9.17) is 14.7 Å². The van der Waals surface area contributed by atoms with Crippen LogP contribution in [0.3, 0.4) is 0 Å². The summed E-state index contributed by atoms with van der Waals surface area (Å²) in [6.07, 6.45) is 8.24. The maximum absolute atomic E-state index is 6.64. The van der Waals surface area contributed by atoms with Crippen LogP contribution in [-0.4, -0.2) is 67.3 Å². The molecule has 3 aliphatic rings. The third-order valence-corrected chi connectivity index (χ3v) is 8.98. The van der Waals surface area contributed by atoms with E-state index < -0.39 is 0 Å². The smallest absolute Gasteiger partial charge is 0.231 e. The predicted molar refractivity (Wildman–Crippen MR) is 145 cm³/mol. The van der Waals surface area contributed by atoms with E-state index in [1.54, 1.807) is 0 Å². The molecule has 0 unspecified atom stereocenters. The highest BCUT2D eigenvalue weighted by atomic mass is 32.1. The van der Waals surface area contributed by atoms with Crippen LogP contribution >= 0.6 is 11.3 Å². The van der Waals surface area contributed by atoms with Crippen molar-refractivity contribution in [3.8, 4) is 5.88 Å². The van der Waals surface area contributed by atoms with Crippen molar-refractivity contribution in [3.05, 3.63) is 34.7 Å². The molecule has 2 aliphatic carbocycles. The van der Waals surface area contributed by atoms with Crippen molar-refractivity contribution >= 4 is 38.9 Å². The van der Waals surface area contributed by atoms with Gasteiger partial charge in [0, 0.05) is 48.5 Å². The van der Waals surface area contributed by atoms with Gasteiger partial charge in [-0.05, 0) is 88.9 Å². The van der Waals surface area contributed by atoms with Gasteiger partial charge < -0.3 is 25.2 Å². The number of hydrogen-bond donors (Lipinski definition) is 2. The maximum Gasteiger partial charge on any atom is 0.231 e. The third-order valence-electron chi connectivity index (χ3n) is 7.79. The molecule has 2 aromatic heterocycles. The SMILES string of the molecule is CN(C)C1CCC(Oc2nc(Nc3ccc(N4CCNCC4)cc3)nc3sc4c(c23)CCC4)CC1. The van der Waals surface area contributed by atoms with E-state index in [1.165, 1.54) is 35.4 Å². The van der Waals surface area contributed by atoms with Gasteiger partial charge in [-0.1, -0.05) is 0 Å². The molecule has 0 amide bonds. The predicted octanol–water partition coefficient (Wildman–Crippen LogP) is 4.58. The van der Waals surface area contributed by atoms with E-state index in [1.807, 2.05) is 11.3 Å². The van der Waals surface area contributed by atoms with Crippen LogP contribution in [-0.2, 0) is 12.8 Å². The van der Waals surface area contributed by atoms with Crippen LogP contribution in [0.15, 0.2) is 24.3 Å². The monoisotopic (exact) mass is 492 g/mol. The van der Waals surface area contributed by atoms with E-state index in [9.17, 15) is 0 Å². The van der Waals surface area contributed by atoms with Gasteiger partial charge in [-0.3, -0.25) is 0 Å². The summed E-state index contributed by atoms with van der Waals surface area (Å²) in [7, 11) is 4.37. The minimum absolute atomic E-state index is 0.229. The summed E-state index contributed by atoms with van der Waals surface area (Å²) < 4.78 is 6.64. The molecule has 0 spiro atoms. The molecule has 8 heteroatoms. The quantitative estimate of drug-likeness (QED) is 0.522. The first-order chi connectivity index (χ1) is 17.1. The first-order valence-electron chi connectivity index (χ1n) is 13.1. The zero-order chi connectivity index (χ0) is 23.8. The molecule has 6 rings (SSSR count). The average Bonchev–Trinajstić information content (AvgIpc) is 3.47. The lowest BCUT2D eigenvalue weighted by Crippen LogP contribution is -2.43. The summed E-state index contributed by atoms with van der Waals surface area (Å²) in [6, 6.07) is 9.29. The lowest BCUT2D eigenvalue weighted by molar-refractivity contribution is 0.109. The molecule has 0 bridgehead atoms. The zero-order valence-electron chi connectivity index (χ0n) is 20.8. The molecule has 1 saturated heterocycles. The number of nitrogens with zero attached hydrogens (tertiary/aromatic N) is 4. The normalized spacial score (nSPS) is 22.5. The minimum Gasteiger partial charge on any atom is -0.474 e. The molecular formula is C27H36N6OS. The standard InChI is InChI=1S/C27H36N6OS/c1-32(2)19-10-12-21(13-11-19)34-25-24-22-4-3-5-23(22)35-26(24)31-27(30-25)29-18-6-8-20(9-7-18)33-16-14-28-15-17-33/h6-9,19,21,28H,3-5,10-17H2,1-2H3,(H,29,30,31). The Morgan fingerprint density at radius 1 is 1.03 bits per heavy atom. The summed E-state index contributed by atoms with van der Waals surface area (Å²) in [5.74, 6) is 1.41. The zero-order valence-corrected chi connectivity index (χ0v) is 21.7. The van der Waals surface area contributed by atoms with Crippen molar-refractivity contribution in [3.63, 3.8) is 0 Å². The summed E-state index contributed by atoms with van der Waals surface area (Å²) in [5, 5.41) is 8.04. The van der Waals surface area contributed by atoms with Gasteiger partial charge >= 0.3 is 0 Å². The lowest BCUT2D eigenvalue weighted by Gasteiger charge is -2.32. The molecule has 2 fully saturated rings. The molecule has 0 radical (unpaired) electrons. The van der Waals surface area contributed by atoms with E-state index >= 15 is 0 Å². The van der Waals surface area contributed by atoms with Gasteiger partial charge in [-0.2, -0.15) is 4.98 Å². The van der Waals surface area contributed by atoms with E-state index in [0.29, 0.717) is 12.0 Å². The van der Waals surface area contributed by atoms with Crippen molar-refractivity contribution in [2.24, 2.45) is 0 Å². The highest BCUT2D eigenvalue weighted by molar-refractivity contribution is 7.19. The number of anilines is 3. The van der Waals surface area contributed by atoms with Crippen LogP contribution < -0.4 is 20.3 Å². The average molecular weight is 493 g/mol. The lowest BCUT2D eigenvalue weighted by atomic mass is 9.92. The molecule has 1 saturated carbocycles. The number of fused-ring (bicyclic) bond motifs is 3. The van der Waals surface area contributed by atoms with Crippen LogP contribution in [0.4, 0.5) is 17.3 Å². The van der Waals surface area contributed by atoms with Gasteiger partial charge in [-0.15, -0.1) is 11.3 Å². The second kappa shape index (κ2) is 9.91. The summed E-state index contributed by atoms with van der Waals surface area (Å²) in [4.78, 5) is 17.2. The van der Waals surface area contributed by atoms with Crippen LogP contribution in [0.2, 0.25) is 0 Å². The van der Waals surface area contributed by atoms with Crippen LogP contribution in [0, 0.1) is 0 Å². The number of hydrogen-bond acceptors (Lipinski definition) is 8. The molecule has 7 nitrogen and oxygen atoms in total. The fourth-order valence-electron chi connectivity index (χ4n) is 5.75. The van der Waals surface area contributed by atoms with Gasteiger partial charge in [0.05, 0.1) is 5.39 Å². The van der Waals surface area contributed by atoms with Crippen molar-refractivity contribution in [1.82, 2.24) is 20.2 Å². The number of benzene rings is 1. The number of aryl methyl sites for hydroxylation is 2. The van der Waals surface area contributed by atoms with Crippen LogP contribution in [0.5, 0.6) is 5.88 Å². The van der Waals surface area contributed by atoms with Crippen molar-refractivity contribution in [1.29, 1.82) is 0 Å². The molecule has 1 aliphatic heterocycles. The van der Waals surface area contributed by atoms with E-state index in [-0.39, 0.29) is 6.10 Å². The fraction of sp³-hybridized carbons (Fsp3) is 0.556. The Morgan fingerprint density at radius 2 is 1.80 bits per heavy atom. The van der Waals surface area contributed by atoms with Crippen LogP contribution in [0.1, 0.15) is 42.5 Å². The Bertz CT molecular complexity index is 1160. The molecule has 1 aromatic carbocycles. The van der Waals surface area contributed by atoms with Gasteiger partial charge in [-0.25, -0.2) is 4.98 Å². The summed E-state index contributed by atoms with van der Waals surface area (Å²) in [6.45, 7) is 4.18. The van der Waals surface area contributed by atoms with Crippen molar-refractivity contribution < 1.29 is 4.74 Å². The fourth-order valence-corrected chi connectivity index (χ4v) is 7.00. The van der Waals surface area contributed by atoms with Gasteiger partial charge in [0.25, 0.3) is 0 Å². The number of aromatic nitrogens is 2. The number of piperazine rings is 1. The number of ether oxygens (including phenoxy) is 1. The van der Waals surface area contributed by atoms with Gasteiger partial charge in [0.2, 0.25) is 11.8 Å². The van der Waals surface area contributed by atoms with Crippen molar-refractivity contribution in [2.75, 3.05) is 50.5 Å². The highest BCUT2D eigenvalue weighted by Gasteiger charge is 2.28. The molecule has 3 aromatic rings. The summed E-state index contributed by atoms with van der Waals surface area (Å²) >= 11 is 1.82. The Hall–Kier alpha value is -2.42. The van der Waals surface area contributed by atoms with Crippen LogP contribution in [0.25, 0.3) is 10.2 Å². The Labute approximate surface area is 211 Å². The number of rotatable bonds is 6. The molecule has 0 atom stereocenters. The number of thiophene rings is 1. The first-order valence-corrected chi connectivity index (χ1v) is 13.9. The summed E-state index contributed by atoms with van der Waals surface area (Å²) in [5.41, 5.74) is 3.69. The maximum atomic E-state index is 6.64. The molecular weight excluding hydrogens is 456 g/mol. The second-order valence-corrected chi connectivity index (χ2v) is 11.4. The molecule has 3 heterocycles. The van der Waals surface area contributed by atoms with Crippen molar-refractivity contribution in [2.45, 2.75) is 57.1 Å². The molecule has 186 valence electrons. The first kappa shape index (κ1) is 23.0.